The standard InChI is InChI=1S/C18H24BrN3O2/c1-12(14-10-20-11-14)18(24)22-8-6-13(7-9-22)17(23)21-16-4-2-15(19)3-5-16/h2-5,12-14,20H,6-11H2,1H3,(H,21,23). The van der Waals surface area contributed by atoms with Crippen molar-refractivity contribution in [1.29, 1.82) is 0 Å². The number of carbonyl (C=O) groups excluding carboxylic acids is 2. The zero-order valence-corrected chi connectivity index (χ0v) is 15.5. The topological polar surface area (TPSA) is 61.4 Å². The van der Waals surface area contributed by atoms with E-state index < -0.39 is 0 Å². The molecule has 1 aromatic carbocycles. The van der Waals surface area contributed by atoms with Gasteiger partial charge in [-0.3, -0.25) is 9.59 Å². The molecule has 0 spiro atoms. The SMILES string of the molecule is CC(C(=O)N1CCC(C(=O)Nc2ccc(Br)cc2)CC1)C1CNC1. The van der Waals surface area contributed by atoms with Crippen molar-refractivity contribution in [2.24, 2.45) is 17.8 Å². The third-order valence-corrected chi connectivity index (χ3v) is 5.73. The molecule has 0 aliphatic carbocycles. The fourth-order valence-corrected chi connectivity index (χ4v) is 3.56. The van der Waals surface area contributed by atoms with E-state index in [-0.39, 0.29) is 23.7 Å². The fraction of sp³-hybridized carbons (Fsp3) is 0.556. The number of rotatable bonds is 4. The van der Waals surface area contributed by atoms with E-state index in [9.17, 15) is 9.59 Å². The van der Waals surface area contributed by atoms with Gasteiger partial charge in [-0.1, -0.05) is 22.9 Å². The molecule has 1 atom stereocenters. The van der Waals surface area contributed by atoms with Gasteiger partial charge in [0.2, 0.25) is 11.8 Å². The quantitative estimate of drug-likeness (QED) is 0.825. The van der Waals surface area contributed by atoms with Gasteiger partial charge in [0.25, 0.3) is 0 Å². The van der Waals surface area contributed by atoms with Gasteiger partial charge in [0, 0.05) is 35.1 Å². The minimum absolute atomic E-state index is 0.0154. The van der Waals surface area contributed by atoms with E-state index in [1.807, 2.05) is 36.1 Å². The Hall–Kier alpha value is -1.40. The highest BCUT2D eigenvalue weighted by Gasteiger charge is 2.34. The number of nitrogens with zero attached hydrogens (tertiary/aromatic N) is 1. The van der Waals surface area contributed by atoms with E-state index in [0.717, 1.165) is 36.1 Å². The number of carbonyl (C=O) groups is 2. The van der Waals surface area contributed by atoms with Crippen LogP contribution in [0, 0.1) is 17.8 Å². The molecule has 0 saturated carbocycles. The van der Waals surface area contributed by atoms with Gasteiger partial charge in [-0.2, -0.15) is 0 Å². The van der Waals surface area contributed by atoms with Crippen LogP contribution in [0.15, 0.2) is 28.7 Å². The Morgan fingerprint density at radius 3 is 2.38 bits per heavy atom. The molecule has 130 valence electrons. The van der Waals surface area contributed by atoms with Gasteiger partial charge in [0.1, 0.15) is 0 Å². The van der Waals surface area contributed by atoms with Crippen LogP contribution in [0.2, 0.25) is 0 Å². The number of likely N-dealkylation sites (tertiary alicyclic amines) is 1. The van der Waals surface area contributed by atoms with Gasteiger partial charge in [-0.25, -0.2) is 0 Å². The molecular formula is C18H24BrN3O2. The van der Waals surface area contributed by atoms with Crippen LogP contribution in [0.3, 0.4) is 0 Å². The van der Waals surface area contributed by atoms with Crippen LogP contribution in [0.5, 0.6) is 0 Å². The van der Waals surface area contributed by atoms with E-state index in [1.54, 1.807) is 0 Å². The lowest BCUT2D eigenvalue weighted by Gasteiger charge is -2.37. The molecule has 2 heterocycles. The molecule has 0 radical (unpaired) electrons. The highest BCUT2D eigenvalue weighted by molar-refractivity contribution is 9.10. The monoisotopic (exact) mass is 393 g/mol. The molecule has 24 heavy (non-hydrogen) atoms. The second kappa shape index (κ2) is 7.66. The number of piperidine rings is 1. The second-order valence-electron chi connectivity index (χ2n) is 6.80. The van der Waals surface area contributed by atoms with Crippen LogP contribution >= 0.6 is 15.9 Å². The van der Waals surface area contributed by atoms with Crippen LogP contribution in [0.25, 0.3) is 0 Å². The first-order valence-corrected chi connectivity index (χ1v) is 9.40. The van der Waals surface area contributed by atoms with Gasteiger partial charge in [0.05, 0.1) is 0 Å². The lowest BCUT2D eigenvalue weighted by atomic mass is 9.87. The number of hydrogen-bond donors (Lipinski definition) is 2. The van der Waals surface area contributed by atoms with Crippen molar-refractivity contribution < 1.29 is 9.59 Å². The van der Waals surface area contributed by atoms with E-state index in [2.05, 4.69) is 26.6 Å². The Kier molecular flexibility index (Phi) is 5.56. The number of benzene rings is 1. The molecule has 2 aliphatic heterocycles. The first kappa shape index (κ1) is 17.4. The fourth-order valence-electron chi connectivity index (χ4n) is 3.29. The average Bonchev–Trinajstić information content (AvgIpc) is 2.55. The highest BCUT2D eigenvalue weighted by Crippen LogP contribution is 2.24. The lowest BCUT2D eigenvalue weighted by Crippen LogP contribution is -2.52. The molecule has 0 bridgehead atoms. The normalized spacial score (nSPS) is 20.3. The third-order valence-electron chi connectivity index (χ3n) is 5.20. The van der Waals surface area contributed by atoms with E-state index >= 15 is 0 Å². The zero-order valence-electron chi connectivity index (χ0n) is 13.9. The summed E-state index contributed by atoms with van der Waals surface area (Å²) in [5.41, 5.74) is 0.813. The number of amides is 2. The van der Waals surface area contributed by atoms with Crippen molar-refractivity contribution in [3.05, 3.63) is 28.7 Å². The van der Waals surface area contributed by atoms with Crippen molar-refractivity contribution in [2.75, 3.05) is 31.5 Å². The van der Waals surface area contributed by atoms with E-state index in [0.29, 0.717) is 19.0 Å². The number of anilines is 1. The van der Waals surface area contributed by atoms with Crippen molar-refractivity contribution in [2.45, 2.75) is 19.8 Å². The summed E-state index contributed by atoms with van der Waals surface area (Å²) in [5, 5.41) is 6.19. The van der Waals surface area contributed by atoms with Gasteiger partial charge in [-0.05, 0) is 56.1 Å². The number of nitrogens with one attached hydrogen (secondary N) is 2. The van der Waals surface area contributed by atoms with E-state index in [4.69, 9.17) is 0 Å². The summed E-state index contributed by atoms with van der Waals surface area (Å²) in [6.45, 7) is 5.28. The first-order chi connectivity index (χ1) is 11.5. The van der Waals surface area contributed by atoms with Gasteiger partial charge in [0.15, 0.2) is 0 Å². The van der Waals surface area contributed by atoms with Crippen molar-refractivity contribution in [1.82, 2.24) is 10.2 Å². The summed E-state index contributed by atoms with van der Waals surface area (Å²) in [5.74, 6) is 0.836. The molecule has 0 aromatic heterocycles. The zero-order chi connectivity index (χ0) is 17.1. The van der Waals surface area contributed by atoms with Gasteiger partial charge >= 0.3 is 0 Å². The molecule has 2 saturated heterocycles. The molecular weight excluding hydrogens is 370 g/mol. The molecule has 1 unspecified atom stereocenters. The predicted molar refractivity (Wildman–Crippen MR) is 97.6 cm³/mol. The van der Waals surface area contributed by atoms with Gasteiger partial charge in [-0.15, -0.1) is 0 Å². The molecule has 5 nitrogen and oxygen atoms in total. The molecule has 3 rings (SSSR count). The molecule has 2 amide bonds. The molecule has 2 aliphatic rings. The summed E-state index contributed by atoms with van der Waals surface area (Å²) in [4.78, 5) is 26.9. The van der Waals surface area contributed by atoms with Crippen molar-refractivity contribution in [3.8, 4) is 0 Å². The average molecular weight is 394 g/mol. The number of hydrogen-bond acceptors (Lipinski definition) is 3. The summed E-state index contributed by atoms with van der Waals surface area (Å²) < 4.78 is 0.989. The van der Waals surface area contributed by atoms with Crippen LogP contribution in [-0.4, -0.2) is 42.9 Å². The maximum Gasteiger partial charge on any atom is 0.227 e. The third kappa shape index (κ3) is 3.98. The van der Waals surface area contributed by atoms with Crippen LogP contribution in [0.1, 0.15) is 19.8 Å². The van der Waals surface area contributed by atoms with Crippen molar-refractivity contribution in [3.63, 3.8) is 0 Å². The Bertz CT molecular complexity index is 593. The maximum absolute atomic E-state index is 12.5. The Balaban J connectivity index is 1.48. The lowest BCUT2D eigenvalue weighted by molar-refractivity contribution is -0.140. The molecule has 2 N–H and O–H groups in total. The smallest absolute Gasteiger partial charge is 0.227 e. The number of halogens is 1. The summed E-state index contributed by atoms with van der Waals surface area (Å²) in [7, 11) is 0. The van der Waals surface area contributed by atoms with Gasteiger partial charge < -0.3 is 15.5 Å². The molecule has 6 heteroatoms. The van der Waals surface area contributed by atoms with Crippen LogP contribution in [0.4, 0.5) is 5.69 Å². The molecule has 2 fully saturated rings. The molecule has 1 aromatic rings. The highest BCUT2D eigenvalue weighted by atomic mass is 79.9. The summed E-state index contributed by atoms with van der Waals surface area (Å²) in [6, 6.07) is 7.59. The van der Waals surface area contributed by atoms with E-state index in [1.165, 1.54) is 0 Å². The largest absolute Gasteiger partial charge is 0.342 e. The Labute approximate surface area is 151 Å². The minimum atomic E-state index is -0.0154. The maximum atomic E-state index is 12.5. The minimum Gasteiger partial charge on any atom is -0.342 e. The summed E-state index contributed by atoms with van der Waals surface area (Å²) in [6.07, 6.45) is 1.48. The summed E-state index contributed by atoms with van der Waals surface area (Å²) >= 11 is 3.39. The first-order valence-electron chi connectivity index (χ1n) is 8.60. The van der Waals surface area contributed by atoms with Crippen LogP contribution < -0.4 is 10.6 Å². The van der Waals surface area contributed by atoms with Crippen molar-refractivity contribution >= 4 is 33.4 Å². The Morgan fingerprint density at radius 1 is 1.21 bits per heavy atom. The van der Waals surface area contributed by atoms with Crippen LogP contribution in [-0.2, 0) is 9.59 Å². The second-order valence-corrected chi connectivity index (χ2v) is 7.72. The predicted octanol–water partition coefficient (Wildman–Crippen LogP) is 2.48. The Morgan fingerprint density at radius 2 is 1.83 bits per heavy atom.